The first-order valence-electron chi connectivity index (χ1n) is 24.5. The Morgan fingerprint density at radius 3 is 1.26 bits per heavy atom. The molecular formula is C57H66F2O9. The predicted molar refractivity (Wildman–Crippen MR) is 260 cm³/mol. The summed E-state index contributed by atoms with van der Waals surface area (Å²) >= 11 is 0. The van der Waals surface area contributed by atoms with E-state index < -0.39 is 41.1 Å². The summed E-state index contributed by atoms with van der Waals surface area (Å²) < 4.78 is 57.2. The van der Waals surface area contributed by atoms with Crippen molar-refractivity contribution in [2.75, 3.05) is 6.61 Å². The minimum Gasteiger partial charge on any atom is -0.493 e. The first kappa shape index (κ1) is 52.6. The van der Waals surface area contributed by atoms with Crippen molar-refractivity contribution >= 4 is 23.9 Å². The van der Waals surface area contributed by atoms with E-state index in [0.717, 1.165) is 50.3 Å². The smallest absolute Gasteiger partial charge is 0.346 e. The molecule has 0 aromatic heterocycles. The number of benzene rings is 5. The molecule has 0 aliphatic carbocycles. The molecule has 0 heterocycles. The van der Waals surface area contributed by atoms with Crippen LogP contribution in [-0.2, 0) is 6.42 Å². The second-order valence-corrected chi connectivity index (χ2v) is 17.1. The zero-order valence-electron chi connectivity index (χ0n) is 39.7. The van der Waals surface area contributed by atoms with E-state index in [1.165, 1.54) is 169 Å². The highest BCUT2D eigenvalue weighted by molar-refractivity contribution is 5.94. The van der Waals surface area contributed by atoms with Gasteiger partial charge in [-0.25, -0.2) is 28.0 Å². The molecule has 0 spiro atoms. The fourth-order valence-electron chi connectivity index (χ4n) is 7.62. The van der Waals surface area contributed by atoms with Gasteiger partial charge < -0.3 is 23.7 Å². The molecule has 0 bridgehead atoms. The van der Waals surface area contributed by atoms with Gasteiger partial charge in [0, 0.05) is 18.2 Å². The number of carbonyl (C=O) groups is 4. The van der Waals surface area contributed by atoms with Crippen molar-refractivity contribution in [3.63, 3.8) is 0 Å². The van der Waals surface area contributed by atoms with E-state index >= 15 is 4.39 Å². The minimum absolute atomic E-state index is 0.0413. The molecule has 9 nitrogen and oxygen atoms in total. The molecule has 68 heavy (non-hydrogen) atoms. The summed E-state index contributed by atoms with van der Waals surface area (Å²) in [6, 6.07) is 25.8. The molecule has 0 unspecified atom stereocenters. The highest BCUT2D eigenvalue weighted by Crippen LogP contribution is 2.26. The van der Waals surface area contributed by atoms with E-state index in [-0.39, 0.29) is 39.9 Å². The normalized spacial score (nSPS) is 10.9. The SMILES string of the molecule is CCCCCCCCCCCCc1ccc(C(=O)Oc2ccc(C(=O)Oc3cccc(OC(=O)c4ccc(OC(=O)c5ccc(OCCCCCCCCCCC)cc5F)cc4F)c3)cc2)cc1. The Labute approximate surface area is 400 Å². The second kappa shape index (κ2) is 29.4. The summed E-state index contributed by atoms with van der Waals surface area (Å²) in [6.45, 7) is 4.87. The van der Waals surface area contributed by atoms with Crippen LogP contribution in [0.4, 0.5) is 8.78 Å². The molecule has 0 N–H and O–H groups in total. The van der Waals surface area contributed by atoms with Crippen molar-refractivity contribution in [1.82, 2.24) is 0 Å². The van der Waals surface area contributed by atoms with Crippen molar-refractivity contribution in [1.29, 1.82) is 0 Å². The Kier molecular flexibility index (Phi) is 22.8. The van der Waals surface area contributed by atoms with Crippen LogP contribution in [0.2, 0.25) is 0 Å². The van der Waals surface area contributed by atoms with E-state index in [0.29, 0.717) is 12.2 Å². The van der Waals surface area contributed by atoms with Gasteiger partial charge in [-0.1, -0.05) is 141 Å². The van der Waals surface area contributed by atoms with E-state index in [9.17, 15) is 23.6 Å². The maximum atomic E-state index is 15.1. The molecule has 5 aromatic rings. The molecule has 0 fully saturated rings. The monoisotopic (exact) mass is 932 g/mol. The average Bonchev–Trinajstić information content (AvgIpc) is 3.33. The molecule has 0 saturated carbocycles. The van der Waals surface area contributed by atoms with Gasteiger partial charge in [0.1, 0.15) is 40.4 Å². The van der Waals surface area contributed by atoms with Crippen molar-refractivity contribution in [3.8, 4) is 28.7 Å². The quantitative estimate of drug-likeness (QED) is 0.0252. The number of unbranched alkanes of at least 4 members (excludes halogenated alkanes) is 17. The number of aryl methyl sites for hydroxylation is 1. The van der Waals surface area contributed by atoms with Gasteiger partial charge in [0.2, 0.25) is 0 Å². The summed E-state index contributed by atoms with van der Waals surface area (Å²) in [6.07, 6.45) is 24.3. The molecule has 0 radical (unpaired) electrons. The largest absolute Gasteiger partial charge is 0.493 e. The zero-order chi connectivity index (χ0) is 48.4. The molecule has 0 amide bonds. The molecule has 0 aliphatic heterocycles. The van der Waals surface area contributed by atoms with Gasteiger partial charge in [0.15, 0.2) is 0 Å². The zero-order valence-corrected chi connectivity index (χ0v) is 39.7. The van der Waals surface area contributed by atoms with Crippen molar-refractivity contribution in [2.45, 2.75) is 142 Å². The van der Waals surface area contributed by atoms with Crippen LogP contribution in [-0.4, -0.2) is 30.5 Å². The van der Waals surface area contributed by atoms with Gasteiger partial charge in [-0.15, -0.1) is 0 Å². The standard InChI is InChI=1S/C57H66F2O9/c1-3-5-7-9-11-13-14-16-18-20-23-42-26-28-43(29-27-42)54(60)65-45-32-30-44(31-33-45)55(61)66-47-24-22-25-48(39-47)67-56(62)51-37-35-49(41-53(51)59)68-57(63)50-36-34-46(40-52(50)58)64-38-21-19-17-15-12-10-8-6-4-2/h22,24-37,39-41H,3-21,23,38H2,1-2H3. The van der Waals surface area contributed by atoms with E-state index in [2.05, 4.69) is 13.8 Å². The number of esters is 4. The third-order valence-electron chi connectivity index (χ3n) is 11.6. The van der Waals surface area contributed by atoms with Gasteiger partial charge in [0.05, 0.1) is 28.9 Å². The number of halogens is 2. The maximum absolute atomic E-state index is 15.1. The molecule has 5 rings (SSSR count). The minimum atomic E-state index is -1.07. The second-order valence-electron chi connectivity index (χ2n) is 17.1. The number of rotatable bonds is 30. The van der Waals surface area contributed by atoms with Gasteiger partial charge >= 0.3 is 23.9 Å². The summed E-state index contributed by atoms with van der Waals surface area (Å²) in [5.74, 6) is -5.00. The molecule has 5 aromatic carbocycles. The first-order valence-corrected chi connectivity index (χ1v) is 24.5. The van der Waals surface area contributed by atoms with Crippen LogP contribution in [0.25, 0.3) is 0 Å². The van der Waals surface area contributed by atoms with Crippen LogP contribution in [0.5, 0.6) is 28.7 Å². The highest BCUT2D eigenvalue weighted by atomic mass is 19.1. The van der Waals surface area contributed by atoms with Crippen LogP contribution >= 0.6 is 0 Å². The topological polar surface area (TPSA) is 114 Å². The summed E-state index contributed by atoms with van der Waals surface area (Å²) in [5, 5.41) is 0. The number of hydrogen-bond donors (Lipinski definition) is 0. The fraction of sp³-hybridized carbons (Fsp3) is 0.404. The number of hydrogen-bond acceptors (Lipinski definition) is 9. The predicted octanol–water partition coefficient (Wildman–Crippen LogP) is 15.2. The molecule has 0 saturated heterocycles. The van der Waals surface area contributed by atoms with Crippen LogP contribution in [0, 0.1) is 11.6 Å². The Morgan fingerprint density at radius 2 is 0.765 bits per heavy atom. The van der Waals surface area contributed by atoms with Gasteiger partial charge in [-0.2, -0.15) is 0 Å². The number of carbonyl (C=O) groups excluding carboxylic acids is 4. The molecule has 362 valence electrons. The van der Waals surface area contributed by atoms with Gasteiger partial charge in [0.25, 0.3) is 0 Å². The molecular weight excluding hydrogens is 867 g/mol. The van der Waals surface area contributed by atoms with Gasteiger partial charge in [-0.3, -0.25) is 0 Å². The van der Waals surface area contributed by atoms with Crippen molar-refractivity contribution in [3.05, 3.63) is 149 Å². The summed E-state index contributed by atoms with van der Waals surface area (Å²) in [5.41, 5.74) is 0.927. The Hall–Kier alpha value is -6.36. The fourth-order valence-corrected chi connectivity index (χ4v) is 7.62. The van der Waals surface area contributed by atoms with Crippen molar-refractivity contribution < 1.29 is 51.6 Å². The Morgan fingerprint density at radius 1 is 0.382 bits per heavy atom. The van der Waals surface area contributed by atoms with Crippen LogP contribution in [0.1, 0.15) is 183 Å². The van der Waals surface area contributed by atoms with Crippen LogP contribution < -0.4 is 23.7 Å². The highest BCUT2D eigenvalue weighted by Gasteiger charge is 2.20. The van der Waals surface area contributed by atoms with E-state index in [1.54, 1.807) is 12.1 Å². The lowest BCUT2D eigenvalue weighted by Gasteiger charge is -2.10. The molecule has 11 heteroatoms. The van der Waals surface area contributed by atoms with Crippen LogP contribution in [0.15, 0.2) is 109 Å². The average molecular weight is 933 g/mol. The lowest BCUT2D eigenvalue weighted by Crippen LogP contribution is -2.13. The lowest BCUT2D eigenvalue weighted by atomic mass is 10.0. The third kappa shape index (κ3) is 18.4. The van der Waals surface area contributed by atoms with E-state index in [1.807, 2.05) is 12.1 Å². The Balaban J connectivity index is 1.02. The maximum Gasteiger partial charge on any atom is 0.346 e. The number of ether oxygens (including phenoxy) is 5. The summed E-state index contributed by atoms with van der Waals surface area (Å²) in [7, 11) is 0. The third-order valence-corrected chi connectivity index (χ3v) is 11.6. The van der Waals surface area contributed by atoms with Gasteiger partial charge in [-0.05, 0) is 97.6 Å². The first-order chi connectivity index (χ1) is 33.1. The molecule has 0 atom stereocenters. The van der Waals surface area contributed by atoms with E-state index in [4.69, 9.17) is 23.7 Å². The van der Waals surface area contributed by atoms with Crippen molar-refractivity contribution in [2.24, 2.45) is 0 Å². The lowest BCUT2D eigenvalue weighted by molar-refractivity contribution is 0.0719. The Bertz CT molecular complexity index is 2340. The van der Waals surface area contributed by atoms with Crippen LogP contribution in [0.3, 0.4) is 0 Å². The molecule has 0 aliphatic rings. The summed E-state index contributed by atoms with van der Waals surface area (Å²) in [4.78, 5) is 51.5.